The number of aromatic amines is 1. The fourth-order valence-electron chi connectivity index (χ4n) is 1.25. The van der Waals surface area contributed by atoms with Gasteiger partial charge in [0.1, 0.15) is 5.69 Å². The van der Waals surface area contributed by atoms with Crippen molar-refractivity contribution in [2.24, 2.45) is 5.73 Å². The van der Waals surface area contributed by atoms with E-state index in [1.165, 1.54) is 6.20 Å². The van der Waals surface area contributed by atoms with Gasteiger partial charge >= 0.3 is 0 Å². The first-order chi connectivity index (χ1) is 7.27. The number of nitrogens with one attached hydrogen (secondary N) is 2. The topological polar surface area (TPSA) is 93.0 Å². The maximum atomic E-state index is 11.6. The zero-order valence-electron chi connectivity index (χ0n) is 8.69. The predicted octanol–water partition coefficient (Wildman–Crippen LogP) is -0.497. The van der Waals surface area contributed by atoms with Gasteiger partial charge in [-0.05, 0) is 19.0 Å². The number of nitrogens with zero attached hydrogens (tertiary/aromatic N) is 1. The minimum absolute atomic E-state index is 0.0594. The molecule has 1 heterocycles. The molecular formula is C9H16N4O2. The summed E-state index contributed by atoms with van der Waals surface area (Å²) in [7, 11) is 1.59. The summed E-state index contributed by atoms with van der Waals surface area (Å²) in [5, 5.41) is 9.10. The third-order valence-corrected chi connectivity index (χ3v) is 1.96. The van der Waals surface area contributed by atoms with Gasteiger partial charge < -0.3 is 15.8 Å². The summed E-state index contributed by atoms with van der Waals surface area (Å²) in [6.07, 6.45) is 2.22. The van der Waals surface area contributed by atoms with Gasteiger partial charge in [-0.2, -0.15) is 5.10 Å². The van der Waals surface area contributed by atoms with E-state index in [0.717, 1.165) is 0 Å². The number of H-pyrrole nitrogens is 1. The lowest BCUT2D eigenvalue weighted by Gasteiger charge is -2.16. The lowest BCUT2D eigenvalue weighted by molar-refractivity contribution is 0.0888. The van der Waals surface area contributed by atoms with Crippen LogP contribution in [0.2, 0.25) is 0 Å². The molecule has 6 heteroatoms. The molecule has 84 valence electrons. The molecule has 0 radical (unpaired) electrons. The number of amides is 1. The number of carbonyl (C=O) groups is 1. The van der Waals surface area contributed by atoms with Crippen LogP contribution in [-0.2, 0) is 4.74 Å². The molecule has 15 heavy (non-hydrogen) atoms. The summed E-state index contributed by atoms with van der Waals surface area (Å²) >= 11 is 0. The van der Waals surface area contributed by atoms with Crippen molar-refractivity contribution < 1.29 is 9.53 Å². The number of aromatic nitrogens is 2. The number of nitrogens with two attached hydrogens (primary N) is 1. The molecule has 0 aliphatic rings. The number of hydrogen-bond donors (Lipinski definition) is 3. The van der Waals surface area contributed by atoms with Crippen LogP contribution in [0.1, 0.15) is 16.9 Å². The second kappa shape index (κ2) is 6.15. The Morgan fingerprint density at radius 3 is 3.13 bits per heavy atom. The van der Waals surface area contributed by atoms with E-state index in [-0.39, 0.29) is 11.9 Å². The summed E-state index contributed by atoms with van der Waals surface area (Å²) in [6, 6.07) is 1.55. The molecule has 1 atom stereocenters. The van der Waals surface area contributed by atoms with E-state index >= 15 is 0 Å². The Labute approximate surface area is 88.2 Å². The average Bonchev–Trinajstić information content (AvgIpc) is 2.71. The molecule has 0 fully saturated rings. The Kier molecular flexibility index (Phi) is 4.79. The first-order valence-electron chi connectivity index (χ1n) is 4.77. The monoisotopic (exact) mass is 212 g/mol. The molecular weight excluding hydrogens is 196 g/mol. The number of hydrogen-bond acceptors (Lipinski definition) is 4. The van der Waals surface area contributed by atoms with Crippen LogP contribution in [0.15, 0.2) is 12.3 Å². The van der Waals surface area contributed by atoms with Crippen molar-refractivity contribution in [2.45, 2.75) is 12.5 Å². The van der Waals surface area contributed by atoms with Crippen molar-refractivity contribution >= 4 is 5.91 Å². The normalized spacial score (nSPS) is 12.4. The van der Waals surface area contributed by atoms with E-state index in [1.807, 2.05) is 0 Å². The minimum atomic E-state index is -0.192. The summed E-state index contributed by atoms with van der Waals surface area (Å²) in [6.45, 7) is 0.967. The lowest BCUT2D eigenvalue weighted by atomic mass is 10.2. The van der Waals surface area contributed by atoms with Gasteiger partial charge in [-0.3, -0.25) is 9.89 Å². The van der Waals surface area contributed by atoms with Gasteiger partial charge in [-0.1, -0.05) is 0 Å². The Hall–Kier alpha value is -1.40. The smallest absolute Gasteiger partial charge is 0.269 e. The molecule has 0 saturated heterocycles. The zero-order chi connectivity index (χ0) is 11.1. The summed E-state index contributed by atoms with van der Waals surface area (Å²) < 4.78 is 4.98. The van der Waals surface area contributed by atoms with Crippen molar-refractivity contribution in [1.29, 1.82) is 0 Å². The highest BCUT2D eigenvalue weighted by molar-refractivity contribution is 5.92. The SMILES string of the molecule is COCC(CCN)NC(=O)c1ccn[nH]1. The van der Waals surface area contributed by atoms with Crippen LogP contribution in [0.4, 0.5) is 0 Å². The molecule has 0 aliphatic carbocycles. The van der Waals surface area contributed by atoms with Crippen LogP contribution < -0.4 is 11.1 Å². The van der Waals surface area contributed by atoms with Crippen molar-refractivity contribution in [3.63, 3.8) is 0 Å². The van der Waals surface area contributed by atoms with Crippen molar-refractivity contribution in [2.75, 3.05) is 20.3 Å². The highest BCUT2D eigenvalue weighted by atomic mass is 16.5. The molecule has 0 saturated carbocycles. The van der Waals surface area contributed by atoms with Crippen LogP contribution in [-0.4, -0.2) is 42.4 Å². The fraction of sp³-hybridized carbons (Fsp3) is 0.556. The van der Waals surface area contributed by atoms with Crippen LogP contribution in [0, 0.1) is 0 Å². The van der Waals surface area contributed by atoms with Crippen molar-refractivity contribution in [1.82, 2.24) is 15.5 Å². The molecule has 0 bridgehead atoms. The van der Waals surface area contributed by atoms with E-state index in [9.17, 15) is 4.79 Å². The Bertz CT molecular complexity index is 280. The standard InChI is InChI=1S/C9H16N4O2/c1-15-6-7(2-4-10)12-9(14)8-3-5-11-13-8/h3,5,7H,2,4,6,10H2,1H3,(H,11,13)(H,12,14). The fourth-order valence-corrected chi connectivity index (χ4v) is 1.25. The molecule has 4 N–H and O–H groups in total. The maximum Gasteiger partial charge on any atom is 0.269 e. The predicted molar refractivity (Wildman–Crippen MR) is 55.4 cm³/mol. The number of carbonyl (C=O) groups excluding carboxylic acids is 1. The van der Waals surface area contributed by atoms with Crippen LogP contribution in [0.3, 0.4) is 0 Å². The van der Waals surface area contributed by atoms with Crippen LogP contribution in [0.25, 0.3) is 0 Å². The van der Waals surface area contributed by atoms with E-state index in [4.69, 9.17) is 10.5 Å². The van der Waals surface area contributed by atoms with Crippen molar-refractivity contribution in [3.05, 3.63) is 18.0 Å². The van der Waals surface area contributed by atoms with E-state index in [0.29, 0.717) is 25.3 Å². The van der Waals surface area contributed by atoms with E-state index < -0.39 is 0 Å². The second-order valence-corrected chi connectivity index (χ2v) is 3.17. The molecule has 0 spiro atoms. The minimum Gasteiger partial charge on any atom is -0.383 e. The highest BCUT2D eigenvalue weighted by Crippen LogP contribution is 1.96. The van der Waals surface area contributed by atoms with Gasteiger partial charge in [0.25, 0.3) is 5.91 Å². The maximum absolute atomic E-state index is 11.6. The Balaban J connectivity index is 2.47. The molecule has 0 aromatic carbocycles. The molecule has 1 aromatic rings. The Morgan fingerprint density at radius 1 is 1.80 bits per heavy atom. The van der Waals surface area contributed by atoms with Crippen LogP contribution in [0.5, 0.6) is 0 Å². The largest absolute Gasteiger partial charge is 0.383 e. The quantitative estimate of drug-likeness (QED) is 0.593. The summed E-state index contributed by atoms with van der Waals surface area (Å²) in [5.41, 5.74) is 5.87. The Morgan fingerprint density at radius 2 is 2.60 bits per heavy atom. The molecule has 1 unspecified atom stereocenters. The number of ether oxygens (including phenoxy) is 1. The van der Waals surface area contributed by atoms with Crippen molar-refractivity contribution in [3.8, 4) is 0 Å². The van der Waals surface area contributed by atoms with Gasteiger partial charge in [0.15, 0.2) is 0 Å². The third-order valence-electron chi connectivity index (χ3n) is 1.96. The number of rotatable bonds is 6. The molecule has 6 nitrogen and oxygen atoms in total. The molecule has 1 aromatic heterocycles. The zero-order valence-corrected chi connectivity index (χ0v) is 8.69. The van der Waals surface area contributed by atoms with Gasteiger partial charge in [0.05, 0.1) is 12.6 Å². The highest BCUT2D eigenvalue weighted by Gasteiger charge is 2.13. The van der Waals surface area contributed by atoms with Crippen LogP contribution >= 0.6 is 0 Å². The number of methoxy groups -OCH3 is 1. The molecule has 1 amide bonds. The van der Waals surface area contributed by atoms with Gasteiger partial charge in [0.2, 0.25) is 0 Å². The molecule has 0 aliphatic heterocycles. The summed E-state index contributed by atoms with van der Waals surface area (Å²) in [4.78, 5) is 11.6. The summed E-state index contributed by atoms with van der Waals surface area (Å²) in [5.74, 6) is -0.192. The first kappa shape index (κ1) is 11.7. The van der Waals surface area contributed by atoms with E-state index in [1.54, 1.807) is 13.2 Å². The third kappa shape index (κ3) is 3.69. The van der Waals surface area contributed by atoms with Gasteiger partial charge in [-0.25, -0.2) is 0 Å². The lowest BCUT2D eigenvalue weighted by Crippen LogP contribution is -2.39. The second-order valence-electron chi connectivity index (χ2n) is 3.17. The van der Waals surface area contributed by atoms with Gasteiger partial charge in [-0.15, -0.1) is 0 Å². The van der Waals surface area contributed by atoms with E-state index in [2.05, 4.69) is 15.5 Å². The van der Waals surface area contributed by atoms with Gasteiger partial charge in [0, 0.05) is 13.3 Å². The first-order valence-corrected chi connectivity index (χ1v) is 4.77. The average molecular weight is 212 g/mol. The molecule has 1 rings (SSSR count).